The van der Waals surface area contributed by atoms with E-state index in [-0.39, 0.29) is 17.6 Å². The number of amides is 1. The van der Waals surface area contributed by atoms with E-state index in [2.05, 4.69) is 5.10 Å². The van der Waals surface area contributed by atoms with Crippen molar-refractivity contribution in [2.24, 2.45) is 5.92 Å². The molecule has 0 N–H and O–H groups in total. The zero-order valence-corrected chi connectivity index (χ0v) is 10.9. The number of piperidine rings is 1. The number of likely N-dealkylation sites (tertiary alicyclic amines) is 1. The number of nitrogens with zero attached hydrogens (tertiary/aromatic N) is 3. The van der Waals surface area contributed by atoms with E-state index in [1.54, 1.807) is 17.8 Å². The lowest BCUT2D eigenvalue weighted by Gasteiger charge is -2.30. The largest absolute Gasteiger partial charge is 0.341 e. The SMILES string of the molecule is CC(=O)C1CCN(C(=O)Cn2cc(C)cn2)CC1. The average molecular weight is 249 g/mol. The van der Waals surface area contributed by atoms with Crippen molar-refractivity contribution >= 4 is 11.7 Å². The zero-order chi connectivity index (χ0) is 13.1. The second-order valence-corrected chi connectivity index (χ2v) is 4.98. The molecule has 1 aliphatic rings. The highest BCUT2D eigenvalue weighted by molar-refractivity contribution is 5.79. The van der Waals surface area contributed by atoms with E-state index in [0.717, 1.165) is 18.4 Å². The fourth-order valence-corrected chi connectivity index (χ4v) is 2.33. The van der Waals surface area contributed by atoms with Gasteiger partial charge in [-0.05, 0) is 32.3 Å². The molecule has 0 aromatic carbocycles. The van der Waals surface area contributed by atoms with Crippen LogP contribution in [0.2, 0.25) is 0 Å². The van der Waals surface area contributed by atoms with Crippen LogP contribution in [0.15, 0.2) is 12.4 Å². The Morgan fingerprint density at radius 1 is 1.39 bits per heavy atom. The van der Waals surface area contributed by atoms with Crippen molar-refractivity contribution in [2.75, 3.05) is 13.1 Å². The second kappa shape index (κ2) is 5.33. The van der Waals surface area contributed by atoms with E-state index in [1.165, 1.54) is 0 Å². The topological polar surface area (TPSA) is 55.2 Å². The summed E-state index contributed by atoms with van der Waals surface area (Å²) in [5, 5.41) is 4.11. The van der Waals surface area contributed by atoms with Gasteiger partial charge in [0.05, 0.1) is 6.20 Å². The van der Waals surface area contributed by atoms with Gasteiger partial charge in [-0.2, -0.15) is 5.10 Å². The number of Topliss-reactive ketones (excluding diaryl/α,β-unsaturated/α-hetero) is 1. The van der Waals surface area contributed by atoms with Crippen LogP contribution in [-0.4, -0.2) is 39.5 Å². The van der Waals surface area contributed by atoms with Crippen LogP contribution < -0.4 is 0 Å². The van der Waals surface area contributed by atoms with Crippen LogP contribution in [0.5, 0.6) is 0 Å². The van der Waals surface area contributed by atoms with Gasteiger partial charge < -0.3 is 4.90 Å². The number of aryl methyl sites for hydroxylation is 1. The molecule has 98 valence electrons. The number of carbonyl (C=O) groups is 2. The summed E-state index contributed by atoms with van der Waals surface area (Å²) in [4.78, 5) is 25.1. The summed E-state index contributed by atoms with van der Waals surface area (Å²) >= 11 is 0. The first kappa shape index (κ1) is 12.8. The van der Waals surface area contributed by atoms with Gasteiger partial charge in [0.15, 0.2) is 0 Å². The molecule has 1 aromatic heterocycles. The Kier molecular flexibility index (Phi) is 3.79. The van der Waals surface area contributed by atoms with Gasteiger partial charge in [0.2, 0.25) is 5.91 Å². The van der Waals surface area contributed by atoms with E-state index < -0.39 is 0 Å². The molecule has 1 aromatic rings. The second-order valence-electron chi connectivity index (χ2n) is 4.98. The minimum atomic E-state index is 0.0834. The highest BCUT2D eigenvalue weighted by Gasteiger charge is 2.25. The molecule has 18 heavy (non-hydrogen) atoms. The molecule has 5 heteroatoms. The van der Waals surface area contributed by atoms with Crippen LogP contribution in [-0.2, 0) is 16.1 Å². The molecule has 2 heterocycles. The normalized spacial score (nSPS) is 16.9. The molecule has 0 unspecified atom stereocenters. The molecular weight excluding hydrogens is 230 g/mol. The van der Waals surface area contributed by atoms with E-state index in [0.29, 0.717) is 19.6 Å². The molecule has 1 saturated heterocycles. The van der Waals surface area contributed by atoms with Gasteiger partial charge in [0, 0.05) is 25.2 Å². The van der Waals surface area contributed by atoms with Crippen molar-refractivity contribution in [3.05, 3.63) is 18.0 Å². The van der Waals surface area contributed by atoms with Gasteiger partial charge in [-0.15, -0.1) is 0 Å². The zero-order valence-electron chi connectivity index (χ0n) is 10.9. The summed E-state index contributed by atoms with van der Waals surface area (Å²) in [5.74, 6) is 0.464. The smallest absolute Gasteiger partial charge is 0.244 e. The Labute approximate surface area is 107 Å². The standard InChI is InChI=1S/C13H19N3O2/c1-10-7-14-16(8-10)9-13(18)15-5-3-12(4-6-15)11(2)17/h7-8,12H,3-6,9H2,1-2H3. The third-order valence-corrected chi connectivity index (χ3v) is 3.48. The molecule has 0 saturated carbocycles. The molecule has 0 bridgehead atoms. The van der Waals surface area contributed by atoms with Crippen LogP contribution in [0, 0.1) is 12.8 Å². The van der Waals surface area contributed by atoms with Crippen LogP contribution in [0.1, 0.15) is 25.3 Å². The lowest BCUT2D eigenvalue weighted by molar-refractivity contribution is -0.135. The lowest BCUT2D eigenvalue weighted by Crippen LogP contribution is -2.41. The van der Waals surface area contributed by atoms with Crippen molar-refractivity contribution in [1.82, 2.24) is 14.7 Å². The monoisotopic (exact) mass is 249 g/mol. The molecule has 0 aliphatic carbocycles. The summed E-state index contributed by atoms with van der Waals surface area (Å²) < 4.78 is 1.66. The summed E-state index contributed by atoms with van der Waals surface area (Å²) in [6, 6.07) is 0. The van der Waals surface area contributed by atoms with Gasteiger partial charge >= 0.3 is 0 Å². The van der Waals surface area contributed by atoms with Crippen molar-refractivity contribution < 1.29 is 9.59 Å². The van der Waals surface area contributed by atoms with Gasteiger partial charge in [0.25, 0.3) is 0 Å². The molecule has 5 nitrogen and oxygen atoms in total. The summed E-state index contributed by atoms with van der Waals surface area (Å²) in [6.45, 7) is 5.24. The Balaban J connectivity index is 1.86. The van der Waals surface area contributed by atoms with Gasteiger partial charge in [-0.25, -0.2) is 0 Å². The Morgan fingerprint density at radius 2 is 2.06 bits per heavy atom. The highest BCUT2D eigenvalue weighted by Crippen LogP contribution is 2.18. The van der Waals surface area contributed by atoms with Gasteiger partial charge in [0.1, 0.15) is 12.3 Å². The molecule has 2 rings (SSSR count). The van der Waals surface area contributed by atoms with Crippen LogP contribution in [0.4, 0.5) is 0 Å². The summed E-state index contributed by atoms with van der Waals surface area (Å²) in [7, 11) is 0. The predicted octanol–water partition coefficient (Wildman–Crippen LogP) is 1.02. The predicted molar refractivity (Wildman–Crippen MR) is 66.9 cm³/mol. The van der Waals surface area contributed by atoms with E-state index in [9.17, 15) is 9.59 Å². The van der Waals surface area contributed by atoms with Crippen LogP contribution in [0.3, 0.4) is 0 Å². The third kappa shape index (κ3) is 2.97. The quantitative estimate of drug-likeness (QED) is 0.803. The number of carbonyl (C=O) groups excluding carboxylic acids is 2. The highest BCUT2D eigenvalue weighted by atomic mass is 16.2. The summed E-state index contributed by atoms with van der Waals surface area (Å²) in [5.41, 5.74) is 1.05. The van der Waals surface area contributed by atoms with Crippen LogP contribution in [0.25, 0.3) is 0 Å². The summed E-state index contributed by atoms with van der Waals surface area (Å²) in [6.07, 6.45) is 5.19. The van der Waals surface area contributed by atoms with Gasteiger partial charge in [-0.3, -0.25) is 14.3 Å². The lowest BCUT2D eigenvalue weighted by atomic mass is 9.93. The van der Waals surface area contributed by atoms with Crippen molar-refractivity contribution in [2.45, 2.75) is 33.2 Å². The number of hydrogen-bond acceptors (Lipinski definition) is 3. The maximum absolute atomic E-state index is 12.0. The van der Waals surface area contributed by atoms with Crippen molar-refractivity contribution in [3.63, 3.8) is 0 Å². The fraction of sp³-hybridized carbons (Fsp3) is 0.615. The third-order valence-electron chi connectivity index (χ3n) is 3.48. The van der Waals surface area contributed by atoms with Crippen molar-refractivity contribution in [3.8, 4) is 0 Å². The average Bonchev–Trinajstić information content (AvgIpc) is 2.75. The first-order valence-electron chi connectivity index (χ1n) is 6.33. The first-order chi connectivity index (χ1) is 8.56. The number of hydrogen-bond donors (Lipinski definition) is 0. The van der Waals surface area contributed by atoms with E-state index >= 15 is 0 Å². The van der Waals surface area contributed by atoms with E-state index in [4.69, 9.17) is 0 Å². The maximum atomic E-state index is 12.0. The Bertz CT molecular complexity index is 445. The minimum Gasteiger partial charge on any atom is -0.341 e. The number of ketones is 1. The number of aromatic nitrogens is 2. The molecule has 0 radical (unpaired) electrons. The first-order valence-corrected chi connectivity index (χ1v) is 6.33. The molecule has 1 fully saturated rings. The van der Waals surface area contributed by atoms with Crippen molar-refractivity contribution in [1.29, 1.82) is 0 Å². The molecule has 1 aliphatic heterocycles. The molecular formula is C13H19N3O2. The van der Waals surface area contributed by atoms with Crippen LogP contribution >= 0.6 is 0 Å². The minimum absolute atomic E-state index is 0.0834. The molecule has 1 amide bonds. The number of rotatable bonds is 3. The molecule has 0 atom stereocenters. The maximum Gasteiger partial charge on any atom is 0.244 e. The molecule has 0 spiro atoms. The fourth-order valence-electron chi connectivity index (χ4n) is 2.33. The van der Waals surface area contributed by atoms with Gasteiger partial charge in [-0.1, -0.05) is 0 Å². The van der Waals surface area contributed by atoms with E-state index in [1.807, 2.05) is 18.0 Å². The Hall–Kier alpha value is -1.65. The Morgan fingerprint density at radius 3 is 2.56 bits per heavy atom.